The summed E-state index contributed by atoms with van der Waals surface area (Å²) < 4.78 is 28.3. The Morgan fingerprint density at radius 1 is 1.25 bits per heavy atom. The third-order valence-electron chi connectivity index (χ3n) is 1.32. The van der Waals surface area contributed by atoms with Crippen LogP contribution in [0.25, 0.3) is 0 Å². The van der Waals surface area contributed by atoms with Crippen molar-refractivity contribution in [2.75, 3.05) is 5.75 Å². The van der Waals surface area contributed by atoms with Crippen LogP contribution < -0.4 is 0 Å². The topological polar surface area (TPSA) is 54.4 Å². The molecule has 0 unspecified atom stereocenters. The Kier molecular flexibility index (Phi) is 5.39. The summed E-state index contributed by atoms with van der Waals surface area (Å²) in [5, 5.41) is 0. The Labute approximate surface area is 89.3 Å². The van der Waals surface area contributed by atoms with Crippen molar-refractivity contribution in [1.29, 1.82) is 0 Å². The zero-order chi connectivity index (χ0) is 9.83. The summed E-state index contributed by atoms with van der Waals surface area (Å²) in [6, 6.07) is 0. The highest BCUT2D eigenvalue weighted by Gasteiger charge is 2.34. The summed E-state index contributed by atoms with van der Waals surface area (Å²) in [4.78, 5) is 0. The van der Waals surface area contributed by atoms with Gasteiger partial charge in [-0.3, -0.25) is 4.55 Å². The Morgan fingerprint density at radius 3 is 2.08 bits per heavy atom. The number of hydrogen-bond donors (Lipinski definition) is 4. The van der Waals surface area contributed by atoms with Gasteiger partial charge in [-0.2, -0.15) is 21.0 Å². The van der Waals surface area contributed by atoms with Crippen LogP contribution in [0.5, 0.6) is 0 Å². The molecule has 0 spiro atoms. The summed E-state index contributed by atoms with van der Waals surface area (Å²) in [6.07, 6.45) is 1.61. The van der Waals surface area contributed by atoms with Crippen LogP contribution >= 0.6 is 37.9 Å². The van der Waals surface area contributed by atoms with Gasteiger partial charge in [0, 0.05) is 0 Å². The first-order valence-electron chi connectivity index (χ1n) is 3.34. The predicted molar refractivity (Wildman–Crippen MR) is 60.0 cm³/mol. The smallest absolute Gasteiger partial charge is 0.284 e. The first-order valence-corrected chi connectivity index (χ1v) is 6.30. The van der Waals surface area contributed by atoms with Gasteiger partial charge in [-0.25, -0.2) is 0 Å². The van der Waals surface area contributed by atoms with Crippen molar-refractivity contribution in [3.63, 3.8) is 0 Å². The van der Waals surface area contributed by atoms with E-state index in [1.807, 2.05) is 0 Å². The largest absolute Gasteiger partial charge is 0.289 e. The minimum absolute atomic E-state index is 0.207. The molecule has 0 fully saturated rings. The zero-order valence-electron chi connectivity index (χ0n) is 6.34. The quantitative estimate of drug-likeness (QED) is 0.258. The van der Waals surface area contributed by atoms with Gasteiger partial charge in [0.1, 0.15) is 0 Å². The maximum Gasteiger partial charge on any atom is 0.289 e. The molecule has 0 aliphatic heterocycles. The van der Waals surface area contributed by atoms with Gasteiger partial charge in [0.15, 0.2) is 3.41 Å². The molecule has 0 aliphatic rings. The number of hydrogen-bond acceptors (Lipinski definition) is 5. The van der Waals surface area contributed by atoms with Crippen molar-refractivity contribution in [1.82, 2.24) is 0 Å². The zero-order valence-corrected chi connectivity index (χ0v) is 9.84. The van der Waals surface area contributed by atoms with Crippen molar-refractivity contribution in [2.24, 2.45) is 0 Å². The van der Waals surface area contributed by atoms with E-state index in [2.05, 4.69) is 37.9 Å². The molecule has 7 heteroatoms. The number of unbranched alkanes of at least 4 members (excludes halogenated alkanes) is 1. The molecule has 0 saturated heterocycles. The van der Waals surface area contributed by atoms with Crippen molar-refractivity contribution >= 4 is 48.0 Å². The van der Waals surface area contributed by atoms with Crippen LogP contribution in [-0.4, -0.2) is 22.1 Å². The van der Waals surface area contributed by atoms with E-state index in [1.165, 1.54) is 0 Å². The molecule has 0 aliphatic carbocycles. The van der Waals surface area contributed by atoms with E-state index in [0.717, 1.165) is 6.42 Å². The summed E-state index contributed by atoms with van der Waals surface area (Å²) in [7, 11) is -4.18. The van der Waals surface area contributed by atoms with E-state index in [4.69, 9.17) is 4.55 Å². The minimum atomic E-state index is -4.18. The van der Waals surface area contributed by atoms with Crippen molar-refractivity contribution < 1.29 is 13.0 Å². The highest BCUT2D eigenvalue weighted by Crippen LogP contribution is 2.31. The van der Waals surface area contributed by atoms with Crippen LogP contribution in [0.1, 0.15) is 19.3 Å². The molecule has 0 rings (SSSR count). The first-order chi connectivity index (χ1) is 5.31. The summed E-state index contributed by atoms with van der Waals surface area (Å²) in [6.45, 7) is 0. The molecule has 0 saturated carbocycles. The second kappa shape index (κ2) is 4.99. The SMILES string of the molecule is O=S(=O)(O)C(S)(S)CCCCS. The van der Waals surface area contributed by atoms with Gasteiger partial charge in [0.05, 0.1) is 0 Å². The lowest BCUT2D eigenvalue weighted by Gasteiger charge is -2.17. The molecule has 0 aromatic rings. The van der Waals surface area contributed by atoms with Crippen molar-refractivity contribution in [3.05, 3.63) is 0 Å². The highest BCUT2D eigenvalue weighted by atomic mass is 32.3. The van der Waals surface area contributed by atoms with Gasteiger partial charge in [-0.1, -0.05) is 0 Å². The molecule has 0 amide bonds. The van der Waals surface area contributed by atoms with E-state index in [0.29, 0.717) is 12.2 Å². The van der Waals surface area contributed by atoms with Gasteiger partial charge in [-0.15, -0.1) is 25.3 Å². The van der Waals surface area contributed by atoms with Crippen LogP contribution in [0.3, 0.4) is 0 Å². The van der Waals surface area contributed by atoms with Crippen LogP contribution in [0, 0.1) is 0 Å². The van der Waals surface area contributed by atoms with Gasteiger partial charge in [-0.05, 0) is 25.0 Å². The van der Waals surface area contributed by atoms with Gasteiger partial charge in [0.2, 0.25) is 0 Å². The molecule has 0 atom stereocenters. The molecule has 1 N–H and O–H groups in total. The van der Waals surface area contributed by atoms with Crippen molar-refractivity contribution in [2.45, 2.75) is 22.7 Å². The van der Waals surface area contributed by atoms with Crippen molar-refractivity contribution in [3.8, 4) is 0 Å². The Bertz CT molecular complexity index is 221. The predicted octanol–water partition coefficient (Wildman–Crippen LogP) is 1.49. The van der Waals surface area contributed by atoms with E-state index in [1.54, 1.807) is 0 Å². The maximum atomic E-state index is 10.6. The summed E-state index contributed by atoms with van der Waals surface area (Å²) in [5.41, 5.74) is 0. The molecule has 3 nitrogen and oxygen atoms in total. The van der Waals surface area contributed by atoms with Crippen LogP contribution in [0.4, 0.5) is 0 Å². The number of rotatable bonds is 5. The Morgan fingerprint density at radius 2 is 1.75 bits per heavy atom. The molecule has 0 aromatic heterocycles. The Hall–Kier alpha value is 0.960. The third-order valence-corrected chi connectivity index (χ3v) is 4.50. The first kappa shape index (κ1) is 13.0. The fourth-order valence-corrected chi connectivity index (χ4v) is 1.54. The molecule has 0 aromatic carbocycles. The lowest BCUT2D eigenvalue weighted by Crippen LogP contribution is -2.25. The average molecular weight is 248 g/mol. The molecule has 0 bridgehead atoms. The molecular formula is C5H12O3S4. The fraction of sp³-hybridized carbons (Fsp3) is 1.00. The minimum Gasteiger partial charge on any atom is -0.284 e. The summed E-state index contributed by atoms with van der Waals surface area (Å²) >= 11 is 11.4. The van der Waals surface area contributed by atoms with E-state index < -0.39 is 13.5 Å². The lowest BCUT2D eigenvalue weighted by atomic mass is 10.3. The molecule has 0 radical (unpaired) electrons. The third kappa shape index (κ3) is 4.27. The van der Waals surface area contributed by atoms with Crippen LogP contribution in [-0.2, 0) is 10.1 Å². The van der Waals surface area contributed by atoms with Crippen LogP contribution in [0.2, 0.25) is 0 Å². The molecular weight excluding hydrogens is 236 g/mol. The fourth-order valence-electron chi connectivity index (χ4n) is 0.596. The molecule has 74 valence electrons. The van der Waals surface area contributed by atoms with Gasteiger partial charge >= 0.3 is 0 Å². The van der Waals surface area contributed by atoms with Gasteiger partial charge in [0.25, 0.3) is 10.1 Å². The monoisotopic (exact) mass is 248 g/mol. The average Bonchev–Trinajstić information content (AvgIpc) is 1.85. The van der Waals surface area contributed by atoms with E-state index in [-0.39, 0.29) is 6.42 Å². The maximum absolute atomic E-state index is 10.6. The second-order valence-electron chi connectivity index (χ2n) is 2.40. The molecule has 12 heavy (non-hydrogen) atoms. The van der Waals surface area contributed by atoms with Gasteiger partial charge < -0.3 is 0 Å². The second-order valence-corrected chi connectivity index (χ2v) is 6.98. The van der Waals surface area contributed by atoms with E-state index >= 15 is 0 Å². The Balaban J connectivity index is 4.06. The normalized spacial score (nSPS) is 13.3. The van der Waals surface area contributed by atoms with E-state index in [9.17, 15) is 8.42 Å². The number of thiol groups is 3. The molecule has 0 heterocycles. The lowest BCUT2D eigenvalue weighted by molar-refractivity contribution is 0.472. The standard InChI is InChI=1S/C5H12O3S4/c6-12(7,8)5(10,11)3-1-2-4-9/h9-11H,1-4H2,(H,6,7,8). The van der Waals surface area contributed by atoms with Crippen LogP contribution in [0.15, 0.2) is 0 Å². The summed E-state index contributed by atoms with van der Waals surface area (Å²) in [5.74, 6) is 0.684. The highest BCUT2D eigenvalue weighted by molar-refractivity contribution is 8.18.